The number of rotatable bonds is 5. The topological polar surface area (TPSA) is 91.0 Å². The van der Waals surface area contributed by atoms with Crippen LogP contribution in [-0.2, 0) is 10.1 Å². The third-order valence-corrected chi connectivity index (χ3v) is 4.17. The lowest BCUT2D eigenvalue weighted by Gasteiger charge is -2.11. The van der Waals surface area contributed by atoms with Crippen LogP contribution in [0.4, 0.5) is 0 Å². The van der Waals surface area contributed by atoms with Crippen molar-refractivity contribution in [1.29, 1.82) is 0 Å². The second kappa shape index (κ2) is 6.48. The number of methoxy groups -OCH3 is 1. The van der Waals surface area contributed by atoms with E-state index in [4.69, 9.17) is 14.8 Å². The minimum absolute atomic E-state index is 0.0766. The van der Waals surface area contributed by atoms with E-state index in [1.807, 2.05) is 6.92 Å². The summed E-state index contributed by atoms with van der Waals surface area (Å²) in [6.07, 6.45) is 1.42. The first-order chi connectivity index (χ1) is 10.5. The molecule has 0 aliphatic carbocycles. The van der Waals surface area contributed by atoms with Gasteiger partial charge in [0.1, 0.15) is 4.90 Å². The monoisotopic (exact) mass is 320 g/mol. The van der Waals surface area contributed by atoms with E-state index in [1.165, 1.54) is 31.5 Å². The van der Waals surface area contributed by atoms with Crippen LogP contribution in [-0.4, -0.2) is 21.7 Å². The Kier molecular flexibility index (Phi) is 4.67. The highest BCUT2D eigenvalue weighted by atomic mass is 32.2. The second-order valence-corrected chi connectivity index (χ2v) is 6.09. The number of ether oxygens (including phenoxy) is 1. The van der Waals surface area contributed by atoms with Gasteiger partial charge in [-0.1, -0.05) is 17.7 Å². The molecule has 2 aromatic carbocycles. The Morgan fingerprint density at radius 2 is 1.77 bits per heavy atom. The predicted octanol–water partition coefficient (Wildman–Crippen LogP) is 2.06. The summed E-state index contributed by atoms with van der Waals surface area (Å²) in [5.41, 5.74) is 1.63. The largest absolute Gasteiger partial charge is 0.493 e. The lowest BCUT2D eigenvalue weighted by molar-refractivity contribution is 0.390. The maximum absolute atomic E-state index is 12.3. The lowest BCUT2D eigenvalue weighted by atomic mass is 10.2. The van der Waals surface area contributed by atoms with Gasteiger partial charge in [0.05, 0.1) is 13.3 Å². The van der Waals surface area contributed by atoms with Gasteiger partial charge in [0.15, 0.2) is 11.5 Å². The molecule has 6 nitrogen and oxygen atoms in total. The zero-order chi connectivity index (χ0) is 16.2. The number of hydrogen-bond donors (Lipinski definition) is 1. The quantitative estimate of drug-likeness (QED) is 0.394. The molecule has 0 amide bonds. The molecule has 2 aromatic rings. The van der Waals surface area contributed by atoms with Crippen molar-refractivity contribution < 1.29 is 17.3 Å². The fourth-order valence-corrected chi connectivity index (χ4v) is 2.73. The van der Waals surface area contributed by atoms with E-state index in [0.29, 0.717) is 5.56 Å². The fourth-order valence-electron chi connectivity index (χ4n) is 1.79. The smallest absolute Gasteiger partial charge is 0.339 e. The van der Waals surface area contributed by atoms with Gasteiger partial charge in [-0.15, -0.1) is 0 Å². The standard InChI is InChI=1S/C15H16N2O4S/c1-11-3-6-13(7-4-11)22(18,19)21-14-8-5-12(10-17-16)9-15(14)20-2/h3-10H,16H2,1-2H3/b17-10-. The average Bonchev–Trinajstić information content (AvgIpc) is 2.49. The molecule has 0 aliphatic rings. The molecule has 0 aromatic heterocycles. The highest BCUT2D eigenvalue weighted by molar-refractivity contribution is 7.87. The van der Waals surface area contributed by atoms with Crippen molar-refractivity contribution >= 4 is 16.3 Å². The van der Waals surface area contributed by atoms with Crippen LogP contribution in [0, 0.1) is 6.92 Å². The van der Waals surface area contributed by atoms with E-state index < -0.39 is 10.1 Å². The summed E-state index contributed by atoms with van der Waals surface area (Å²) in [5.74, 6) is 5.45. The van der Waals surface area contributed by atoms with Gasteiger partial charge in [-0.05, 0) is 42.8 Å². The molecular weight excluding hydrogens is 304 g/mol. The van der Waals surface area contributed by atoms with Crippen LogP contribution in [0.5, 0.6) is 11.5 Å². The number of nitrogens with two attached hydrogens (primary N) is 1. The van der Waals surface area contributed by atoms with Gasteiger partial charge in [-0.25, -0.2) is 0 Å². The molecule has 0 radical (unpaired) electrons. The highest BCUT2D eigenvalue weighted by Gasteiger charge is 2.19. The number of hydrazone groups is 1. The maximum atomic E-state index is 12.3. The number of benzene rings is 2. The molecule has 0 bridgehead atoms. The van der Waals surface area contributed by atoms with E-state index in [-0.39, 0.29) is 16.4 Å². The third kappa shape index (κ3) is 3.56. The van der Waals surface area contributed by atoms with Crippen molar-refractivity contribution in [2.45, 2.75) is 11.8 Å². The summed E-state index contributed by atoms with van der Waals surface area (Å²) < 4.78 is 34.8. The van der Waals surface area contributed by atoms with Crippen molar-refractivity contribution in [2.24, 2.45) is 10.9 Å². The predicted molar refractivity (Wildman–Crippen MR) is 83.8 cm³/mol. The highest BCUT2D eigenvalue weighted by Crippen LogP contribution is 2.30. The fraction of sp³-hybridized carbons (Fsp3) is 0.133. The van der Waals surface area contributed by atoms with Gasteiger partial charge in [0, 0.05) is 0 Å². The molecule has 0 fully saturated rings. The molecule has 0 saturated heterocycles. The van der Waals surface area contributed by atoms with Gasteiger partial charge in [-0.2, -0.15) is 13.5 Å². The Morgan fingerprint density at radius 3 is 2.36 bits per heavy atom. The molecule has 2 rings (SSSR count). The summed E-state index contributed by atoms with van der Waals surface area (Å²) >= 11 is 0. The molecule has 0 aliphatic heterocycles. The van der Waals surface area contributed by atoms with Gasteiger partial charge < -0.3 is 14.8 Å². The summed E-state index contributed by atoms with van der Waals surface area (Å²) in [5, 5.41) is 3.40. The normalized spacial score (nSPS) is 11.5. The molecule has 0 atom stereocenters. The van der Waals surface area contributed by atoms with E-state index in [1.54, 1.807) is 24.3 Å². The summed E-state index contributed by atoms with van der Waals surface area (Å²) in [7, 11) is -2.51. The molecule has 0 saturated carbocycles. The Labute approximate surface area is 129 Å². The first kappa shape index (κ1) is 15.8. The van der Waals surface area contributed by atoms with Crippen LogP contribution in [0.15, 0.2) is 52.5 Å². The first-order valence-electron chi connectivity index (χ1n) is 6.39. The lowest BCUT2D eigenvalue weighted by Crippen LogP contribution is -2.10. The van der Waals surface area contributed by atoms with Crippen LogP contribution in [0.3, 0.4) is 0 Å². The summed E-state index contributed by atoms with van der Waals surface area (Å²) in [6.45, 7) is 1.87. The molecular formula is C15H16N2O4S. The van der Waals surface area contributed by atoms with Crippen LogP contribution in [0.2, 0.25) is 0 Å². The van der Waals surface area contributed by atoms with Crippen LogP contribution in [0.1, 0.15) is 11.1 Å². The van der Waals surface area contributed by atoms with Crippen molar-refractivity contribution in [3.63, 3.8) is 0 Å². The van der Waals surface area contributed by atoms with Crippen molar-refractivity contribution in [2.75, 3.05) is 7.11 Å². The van der Waals surface area contributed by atoms with E-state index >= 15 is 0 Å². The molecule has 22 heavy (non-hydrogen) atoms. The van der Waals surface area contributed by atoms with E-state index in [9.17, 15) is 8.42 Å². The number of hydrogen-bond acceptors (Lipinski definition) is 6. The van der Waals surface area contributed by atoms with Crippen molar-refractivity contribution in [3.8, 4) is 11.5 Å². The van der Waals surface area contributed by atoms with Crippen LogP contribution < -0.4 is 14.8 Å². The van der Waals surface area contributed by atoms with Crippen molar-refractivity contribution in [1.82, 2.24) is 0 Å². The molecule has 7 heteroatoms. The minimum Gasteiger partial charge on any atom is -0.493 e. The second-order valence-electron chi connectivity index (χ2n) is 4.54. The maximum Gasteiger partial charge on any atom is 0.339 e. The van der Waals surface area contributed by atoms with Crippen molar-refractivity contribution in [3.05, 3.63) is 53.6 Å². The zero-order valence-electron chi connectivity index (χ0n) is 12.2. The average molecular weight is 320 g/mol. The zero-order valence-corrected chi connectivity index (χ0v) is 13.0. The molecule has 0 unspecified atom stereocenters. The van der Waals surface area contributed by atoms with Gasteiger partial charge in [0.25, 0.3) is 0 Å². The number of aryl methyl sites for hydroxylation is 1. The molecule has 0 heterocycles. The summed E-state index contributed by atoms with van der Waals surface area (Å²) in [6, 6.07) is 11.1. The SMILES string of the molecule is COc1cc(/C=N\N)ccc1OS(=O)(=O)c1ccc(C)cc1. The molecule has 2 N–H and O–H groups in total. The van der Waals surface area contributed by atoms with Crippen LogP contribution in [0.25, 0.3) is 0 Å². The summed E-state index contributed by atoms with van der Waals surface area (Å²) in [4.78, 5) is 0.0766. The van der Waals surface area contributed by atoms with Gasteiger partial charge >= 0.3 is 10.1 Å². The number of nitrogens with zero attached hydrogens (tertiary/aromatic N) is 1. The van der Waals surface area contributed by atoms with Gasteiger partial charge in [-0.3, -0.25) is 0 Å². The van der Waals surface area contributed by atoms with Gasteiger partial charge in [0.2, 0.25) is 0 Å². The third-order valence-electron chi connectivity index (χ3n) is 2.92. The first-order valence-corrected chi connectivity index (χ1v) is 7.79. The minimum atomic E-state index is -3.93. The Balaban J connectivity index is 2.35. The Bertz CT molecular complexity index is 784. The Hall–Kier alpha value is -2.54. The van der Waals surface area contributed by atoms with E-state index in [0.717, 1.165) is 5.56 Å². The molecule has 116 valence electrons. The Morgan fingerprint density at radius 1 is 1.09 bits per heavy atom. The van der Waals surface area contributed by atoms with Crippen LogP contribution >= 0.6 is 0 Å². The van der Waals surface area contributed by atoms with E-state index in [2.05, 4.69) is 5.10 Å². The molecule has 0 spiro atoms.